The molecule has 0 spiro atoms. The van der Waals surface area contributed by atoms with E-state index in [0.29, 0.717) is 6.54 Å². The molecule has 7 heteroatoms. The van der Waals surface area contributed by atoms with Gasteiger partial charge in [0.2, 0.25) is 0 Å². The first-order valence-corrected chi connectivity index (χ1v) is 9.01. The number of anilines is 1. The Balaban J connectivity index is 1.40. The number of amides is 3. The number of nitrogens with zero attached hydrogens (tertiary/aromatic N) is 2. The van der Waals surface area contributed by atoms with Gasteiger partial charge in [0.25, 0.3) is 17.7 Å². The molecule has 3 amide bonds. The third kappa shape index (κ3) is 2.85. The van der Waals surface area contributed by atoms with E-state index in [0.717, 1.165) is 22.6 Å². The normalized spacial score (nSPS) is 16.0. The standard InChI is InChI=1S/C21H18N2O5/c1-13(23-19(25)15-7-3-4-8-16(15)20(23)26)21(27)28-12-18(24)22-11-10-14-6-2-5-9-17(14)22/h2-9,13H,10-12H2,1H3. The van der Waals surface area contributed by atoms with Crippen molar-refractivity contribution in [3.63, 3.8) is 0 Å². The fourth-order valence-corrected chi connectivity index (χ4v) is 3.59. The molecule has 0 fully saturated rings. The van der Waals surface area contributed by atoms with E-state index in [1.165, 1.54) is 6.92 Å². The highest BCUT2D eigenvalue weighted by Gasteiger charge is 2.41. The van der Waals surface area contributed by atoms with Gasteiger partial charge in [-0.05, 0) is 37.1 Å². The molecule has 0 bridgehead atoms. The van der Waals surface area contributed by atoms with E-state index in [1.54, 1.807) is 29.2 Å². The molecule has 2 aromatic rings. The summed E-state index contributed by atoms with van der Waals surface area (Å²) < 4.78 is 5.12. The topological polar surface area (TPSA) is 84.0 Å². The molecular formula is C21H18N2O5. The average molecular weight is 378 g/mol. The lowest BCUT2D eigenvalue weighted by molar-refractivity contribution is -0.151. The summed E-state index contributed by atoms with van der Waals surface area (Å²) >= 11 is 0. The Bertz CT molecular complexity index is 965. The first kappa shape index (κ1) is 17.9. The van der Waals surface area contributed by atoms with Crippen molar-refractivity contribution in [3.05, 3.63) is 65.2 Å². The third-order valence-electron chi connectivity index (χ3n) is 5.08. The highest BCUT2D eigenvalue weighted by Crippen LogP contribution is 2.28. The van der Waals surface area contributed by atoms with Crippen molar-refractivity contribution >= 4 is 29.4 Å². The Labute approximate surface area is 161 Å². The quantitative estimate of drug-likeness (QED) is 0.598. The molecule has 2 aliphatic rings. The van der Waals surface area contributed by atoms with Gasteiger partial charge in [-0.1, -0.05) is 30.3 Å². The first-order chi connectivity index (χ1) is 13.5. The Hall–Kier alpha value is -3.48. The molecule has 1 atom stereocenters. The molecule has 0 aromatic heterocycles. The minimum Gasteiger partial charge on any atom is -0.454 e. The molecule has 4 rings (SSSR count). The number of esters is 1. The molecule has 7 nitrogen and oxygen atoms in total. The van der Waals surface area contributed by atoms with E-state index in [4.69, 9.17) is 4.74 Å². The second kappa shape index (κ2) is 6.92. The van der Waals surface area contributed by atoms with E-state index in [1.807, 2.05) is 24.3 Å². The number of carbonyl (C=O) groups is 4. The Morgan fingerprint density at radius 2 is 1.61 bits per heavy atom. The van der Waals surface area contributed by atoms with Crippen LogP contribution in [0, 0.1) is 0 Å². The van der Waals surface area contributed by atoms with Gasteiger partial charge in [0.15, 0.2) is 6.61 Å². The zero-order chi connectivity index (χ0) is 19.8. The minimum atomic E-state index is -1.12. The second-order valence-electron chi connectivity index (χ2n) is 6.73. The fraction of sp³-hybridized carbons (Fsp3) is 0.238. The molecule has 2 heterocycles. The van der Waals surface area contributed by atoms with Crippen LogP contribution in [0.4, 0.5) is 5.69 Å². The van der Waals surface area contributed by atoms with Gasteiger partial charge in [-0.15, -0.1) is 0 Å². The third-order valence-corrected chi connectivity index (χ3v) is 5.08. The highest BCUT2D eigenvalue weighted by atomic mass is 16.5. The largest absolute Gasteiger partial charge is 0.454 e. The van der Waals surface area contributed by atoms with Crippen molar-refractivity contribution in [2.24, 2.45) is 0 Å². The van der Waals surface area contributed by atoms with Crippen LogP contribution < -0.4 is 4.90 Å². The lowest BCUT2D eigenvalue weighted by atomic mass is 10.1. The molecular weight excluding hydrogens is 360 g/mol. The van der Waals surface area contributed by atoms with E-state index in [2.05, 4.69) is 0 Å². The Kier molecular flexibility index (Phi) is 4.43. The summed E-state index contributed by atoms with van der Waals surface area (Å²) in [5.41, 5.74) is 2.41. The van der Waals surface area contributed by atoms with Crippen LogP contribution in [0.5, 0.6) is 0 Å². The summed E-state index contributed by atoms with van der Waals surface area (Å²) in [5.74, 6) is -2.21. The van der Waals surface area contributed by atoms with Gasteiger partial charge < -0.3 is 9.64 Å². The molecule has 0 radical (unpaired) electrons. The van der Waals surface area contributed by atoms with Crippen LogP contribution in [0.2, 0.25) is 0 Å². The van der Waals surface area contributed by atoms with Crippen LogP contribution in [0.15, 0.2) is 48.5 Å². The van der Waals surface area contributed by atoms with E-state index >= 15 is 0 Å². The zero-order valence-corrected chi connectivity index (χ0v) is 15.3. The van der Waals surface area contributed by atoms with Crippen LogP contribution in [0.25, 0.3) is 0 Å². The van der Waals surface area contributed by atoms with E-state index in [-0.39, 0.29) is 17.0 Å². The van der Waals surface area contributed by atoms with Crippen LogP contribution in [-0.2, 0) is 20.7 Å². The second-order valence-corrected chi connectivity index (χ2v) is 6.73. The van der Waals surface area contributed by atoms with Crippen molar-refractivity contribution in [1.82, 2.24) is 4.90 Å². The van der Waals surface area contributed by atoms with Gasteiger partial charge in [-0.2, -0.15) is 0 Å². The lowest BCUT2D eigenvalue weighted by Gasteiger charge is -2.22. The maximum absolute atomic E-state index is 12.5. The average Bonchev–Trinajstić information content (AvgIpc) is 3.25. The Morgan fingerprint density at radius 1 is 1.00 bits per heavy atom. The molecule has 142 valence electrons. The van der Waals surface area contributed by atoms with Gasteiger partial charge in [-0.25, -0.2) is 4.79 Å². The predicted molar refractivity (Wildman–Crippen MR) is 99.9 cm³/mol. The van der Waals surface area contributed by atoms with Gasteiger partial charge in [0.05, 0.1) is 11.1 Å². The van der Waals surface area contributed by atoms with Crippen LogP contribution >= 0.6 is 0 Å². The van der Waals surface area contributed by atoms with Crippen LogP contribution in [-0.4, -0.2) is 47.8 Å². The number of ether oxygens (including phenoxy) is 1. The maximum atomic E-state index is 12.5. The van der Waals surface area contributed by atoms with E-state index < -0.39 is 30.4 Å². The molecule has 0 saturated carbocycles. The fourth-order valence-electron chi connectivity index (χ4n) is 3.59. The zero-order valence-electron chi connectivity index (χ0n) is 15.3. The highest BCUT2D eigenvalue weighted by molar-refractivity contribution is 6.22. The number of rotatable bonds is 4. The summed E-state index contributed by atoms with van der Waals surface area (Å²) in [6, 6.07) is 12.8. The minimum absolute atomic E-state index is 0.261. The number of fused-ring (bicyclic) bond motifs is 2. The van der Waals surface area contributed by atoms with Crippen LogP contribution in [0.1, 0.15) is 33.2 Å². The monoisotopic (exact) mass is 378 g/mol. The number of benzene rings is 2. The summed E-state index contributed by atoms with van der Waals surface area (Å²) in [6.45, 7) is 1.50. The maximum Gasteiger partial charge on any atom is 0.329 e. The summed E-state index contributed by atoms with van der Waals surface area (Å²) in [7, 11) is 0. The number of hydrogen-bond donors (Lipinski definition) is 0. The summed E-state index contributed by atoms with van der Waals surface area (Å²) in [4.78, 5) is 52.2. The smallest absolute Gasteiger partial charge is 0.329 e. The van der Waals surface area contributed by atoms with Crippen LogP contribution in [0.3, 0.4) is 0 Å². The molecule has 0 saturated heterocycles. The molecule has 2 aromatic carbocycles. The van der Waals surface area contributed by atoms with Crippen molar-refractivity contribution in [2.75, 3.05) is 18.1 Å². The first-order valence-electron chi connectivity index (χ1n) is 9.01. The molecule has 0 N–H and O–H groups in total. The van der Waals surface area contributed by atoms with Crippen molar-refractivity contribution in [3.8, 4) is 0 Å². The van der Waals surface area contributed by atoms with Gasteiger partial charge in [0.1, 0.15) is 6.04 Å². The molecule has 0 aliphatic carbocycles. The number of hydrogen-bond acceptors (Lipinski definition) is 5. The lowest BCUT2D eigenvalue weighted by Crippen LogP contribution is -2.44. The van der Waals surface area contributed by atoms with Crippen molar-refractivity contribution in [2.45, 2.75) is 19.4 Å². The van der Waals surface area contributed by atoms with Gasteiger partial charge in [-0.3, -0.25) is 19.3 Å². The summed E-state index contributed by atoms with van der Waals surface area (Å²) in [6.07, 6.45) is 0.751. The van der Waals surface area contributed by atoms with Gasteiger partial charge in [0, 0.05) is 12.2 Å². The number of imide groups is 1. The van der Waals surface area contributed by atoms with Crippen molar-refractivity contribution in [1.29, 1.82) is 0 Å². The van der Waals surface area contributed by atoms with Gasteiger partial charge >= 0.3 is 5.97 Å². The SMILES string of the molecule is CC(C(=O)OCC(=O)N1CCc2ccccc21)N1C(=O)c2ccccc2C1=O. The van der Waals surface area contributed by atoms with Crippen molar-refractivity contribution < 1.29 is 23.9 Å². The Morgan fingerprint density at radius 3 is 2.29 bits per heavy atom. The van der Waals surface area contributed by atoms with E-state index in [9.17, 15) is 19.2 Å². The molecule has 1 unspecified atom stereocenters. The number of para-hydroxylation sites is 1. The number of carbonyl (C=O) groups excluding carboxylic acids is 4. The molecule has 28 heavy (non-hydrogen) atoms. The molecule has 2 aliphatic heterocycles. The predicted octanol–water partition coefficient (Wildman–Crippen LogP) is 1.80. The summed E-state index contributed by atoms with van der Waals surface area (Å²) in [5, 5.41) is 0.